The molecule has 21 heavy (non-hydrogen) atoms. The van der Waals surface area contributed by atoms with Gasteiger partial charge in [0.1, 0.15) is 6.17 Å². The number of halogens is 4. The highest BCUT2D eigenvalue weighted by molar-refractivity contribution is 6.76. The molecule has 0 aliphatic carbocycles. The zero-order valence-corrected chi connectivity index (χ0v) is 13.3. The van der Waals surface area contributed by atoms with E-state index >= 15 is 0 Å². The average molecular weight is 355 g/mol. The molecular weight excluding hydrogens is 340 g/mol. The normalized spacial score (nSPS) is 13.9. The number of amides is 1. The summed E-state index contributed by atoms with van der Waals surface area (Å²) in [6.07, 6.45) is 0.302. The van der Waals surface area contributed by atoms with Crippen molar-refractivity contribution in [2.45, 2.75) is 22.8 Å². The molecule has 0 aliphatic rings. The van der Waals surface area contributed by atoms with Crippen LogP contribution in [-0.2, 0) is 4.79 Å². The first kappa shape index (κ1) is 18.2. The second kappa shape index (κ2) is 8.59. The fraction of sp³-hybridized carbons (Fsp3) is 0.357. The second-order valence-electron chi connectivity index (χ2n) is 4.30. The minimum absolute atomic E-state index is 0.00836. The topological polar surface area (TPSA) is 49.3 Å². The van der Waals surface area contributed by atoms with Crippen LogP contribution in [0.15, 0.2) is 36.0 Å². The van der Waals surface area contributed by atoms with Gasteiger partial charge in [-0.3, -0.25) is 4.79 Å². The summed E-state index contributed by atoms with van der Waals surface area (Å²) in [5, 5.41) is 11.0. The van der Waals surface area contributed by atoms with Gasteiger partial charge in [-0.05, 0) is 24.5 Å². The van der Waals surface area contributed by atoms with Gasteiger partial charge in [-0.2, -0.15) is 0 Å². The first-order valence-corrected chi connectivity index (χ1v) is 7.37. The van der Waals surface area contributed by atoms with E-state index in [1.165, 1.54) is 6.08 Å². The molecule has 1 aromatic carbocycles. The lowest BCUT2D eigenvalue weighted by atomic mass is 10.1. The van der Waals surface area contributed by atoms with Crippen molar-refractivity contribution in [2.75, 3.05) is 6.61 Å². The summed E-state index contributed by atoms with van der Waals surface area (Å²) < 4.78 is 12.0. The summed E-state index contributed by atoms with van der Waals surface area (Å²) >= 11 is 16.4. The van der Waals surface area contributed by atoms with E-state index in [1.807, 2.05) is 6.07 Å². The third-order valence-electron chi connectivity index (χ3n) is 2.59. The fourth-order valence-electron chi connectivity index (χ4n) is 1.56. The van der Waals surface area contributed by atoms with Gasteiger partial charge in [0.25, 0.3) is 9.70 Å². The lowest BCUT2D eigenvalue weighted by molar-refractivity contribution is -0.119. The van der Waals surface area contributed by atoms with Gasteiger partial charge >= 0.3 is 0 Å². The van der Waals surface area contributed by atoms with E-state index in [1.54, 1.807) is 24.3 Å². The van der Waals surface area contributed by atoms with Crippen LogP contribution in [-0.4, -0.2) is 27.6 Å². The Morgan fingerprint density at radius 1 is 1.33 bits per heavy atom. The van der Waals surface area contributed by atoms with Crippen LogP contribution < -0.4 is 5.32 Å². The summed E-state index contributed by atoms with van der Waals surface area (Å²) in [6, 6.07) is 8.87. The number of nitrogens with one attached hydrogen (secondary N) is 1. The monoisotopic (exact) mass is 353 g/mol. The highest BCUT2D eigenvalue weighted by Crippen LogP contribution is 2.27. The van der Waals surface area contributed by atoms with Gasteiger partial charge in [0, 0.05) is 6.61 Å². The summed E-state index contributed by atoms with van der Waals surface area (Å²) in [5.41, 5.74) is 0.690. The molecule has 2 N–H and O–H groups in total. The smallest absolute Gasteiger partial charge is 0.276 e. The molecule has 1 rings (SSSR count). The fourth-order valence-corrected chi connectivity index (χ4v) is 1.70. The Balaban J connectivity index is 2.95. The molecule has 0 bridgehead atoms. The predicted molar refractivity (Wildman–Crippen MR) is 84.1 cm³/mol. The maximum absolute atomic E-state index is 14.2. The molecule has 1 atom stereocenters. The van der Waals surface area contributed by atoms with Crippen LogP contribution in [0.5, 0.6) is 0 Å². The second-order valence-corrected chi connectivity index (χ2v) is 6.58. The number of hydrogen-bond acceptors (Lipinski definition) is 2. The maximum Gasteiger partial charge on any atom is 0.276 e. The van der Waals surface area contributed by atoms with E-state index < -0.39 is 15.9 Å². The van der Waals surface area contributed by atoms with Gasteiger partial charge < -0.3 is 10.4 Å². The molecule has 0 fully saturated rings. The van der Waals surface area contributed by atoms with Gasteiger partial charge in [-0.15, -0.1) is 0 Å². The van der Waals surface area contributed by atoms with Crippen LogP contribution in [0.1, 0.15) is 18.4 Å². The van der Waals surface area contributed by atoms with Crippen LogP contribution in [0.2, 0.25) is 0 Å². The summed E-state index contributed by atoms with van der Waals surface area (Å²) in [4.78, 5) is 11.7. The molecule has 1 unspecified atom stereocenters. The first-order chi connectivity index (χ1) is 9.84. The van der Waals surface area contributed by atoms with E-state index in [-0.39, 0.29) is 25.1 Å². The Bertz CT molecular complexity index is 489. The summed E-state index contributed by atoms with van der Waals surface area (Å²) in [5.74, 6) is -0.929. The van der Waals surface area contributed by atoms with Crippen molar-refractivity contribution in [3.8, 4) is 0 Å². The number of aliphatic hydroxyl groups excluding tert-OH is 1. The van der Waals surface area contributed by atoms with Crippen molar-refractivity contribution >= 4 is 46.8 Å². The zero-order chi connectivity index (χ0) is 15.9. The largest absolute Gasteiger partial charge is 0.396 e. The number of aliphatic hydroxyl groups is 1. The molecule has 0 radical (unpaired) electrons. The number of rotatable bonds is 6. The molecule has 7 heteroatoms. The molecule has 0 heterocycles. The molecule has 0 aliphatic heterocycles. The van der Waals surface area contributed by atoms with E-state index in [0.717, 1.165) is 0 Å². The summed E-state index contributed by atoms with van der Waals surface area (Å²) in [6.45, 7) is -0.141. The average Bonchev–Trinajstić information content (AvgIpc) is 2.44. The van der Waals surface area contributed by atoms with Gasteiger partial charge in [-0.25, -0.2) is 4.39 Å². The molecule has 1 amide bonds. The van der Waals surface area contributed by atoms with E-state index in [0.29, 0.717) is 5.56 Å². The van der Waals surface area contributed by atoms with Crippen LogP contribution in [0.3, 0.4) is 0 Å². The molecule has 0 spiro atoms. The van der Waals surface area contributed by atoms with Gasteiger partial charge in [0.2, 0.25) is 0 Å². The quantitative estimate of drug-likeness (QED) is 0.767. The van der Waals surface area contributed by atoms with Crippen LogP contribution in [0.4, 0.5) is 4.39 Å². The molecule has 116 valence electrons. The molecular formula is C14H15Cl3FNO2. The zero-order valence-electron chi connectivity index (χ0n) is 11.0. The highest BCUT2D eigenvalue weighted by atomic mass is 35.6. The molecule has 0 saturated carbocycles. The van der Waals surface area contributed by atoms with Gasteiger partial charge in [0.05, 0.1) is 5.70 Å². The standard InChI is InChI=1S/C14H15Cl3FNO2/c15-14(16,17)13(21)19-12(11(18)7-4-8-20)9-10-5-2-1-3-6-10/h1-3,5-6,9,11,20H,4,7-8H2,(H,19,21). The Hall–Kier alpha value is -0.810. The van der Waals surface area contributed by atoms with Crippen LogP contribution in [0.25, 0.3) is 6.08 Å². The van der Waals surface area contributed by atoms with Crippen LogP contribution in [0, 0.1) is 0 Å². The third kappa shape index (κ3) is 6.66. The van der Waals surface area contributed by atoms with Crippen molar-refractivity contribution in [3.05, 3.63) is 41.6 Å². The van der Waals surface area contributed by atoms with Crippen molar-refractivity contribution in [1.29, 1.82) is 0 Å². The number of alkyl halides is 4. The number of benzene rings is 1. The third-order valence-corrected chi connectivity index (χ3v) is 3.11. The maximum atomic E-state index is 14.2. The Labute approximate surface area is 137 Å². The Morgan fingerprint density at radius 3 is 2.48 bits per heavy atom. The van der Waals surface area contributed by atoms with Gasteiger partial charge in [-0.1, -0.05) is 65.1 Å². The van der Waals surface area contributed by atoms with Crippen molar-refractivity contribution in [2.24, 2.45) is 0 Å². The van der Waals surface area contributed by atoms with E-state index in [4.69, 9.17) is 39.9 Å². The minimum Gasteiger partial charge on any atom is -0.396 e. The minimum atomic E-state index is -2.17. The SMILES string of the molecule is O=C(NC(=Cc1ccccc1)C(F)CCCO)C(Cl)(Cl)Cl. The molecule has 3 nitrogen and oxygen atoms in total. The van der Waals surface area contributed by atoms with E-state index in [9.17, 15) is 9.18 Å². The number of carbonyl (C=O) groups is 1. The van der Waals surface area contributed by atoms with Crippen molar-refractivity contribution < 1.29 is 14.3 Å². The number of allylic oxidation sites excluding steroid dienone is 1. The Morgan fingerprint density at radius 2 is 1.95 bits per heavy atom. The van der Waals surface area contributed by atoms with Gasteiger partial charge in [0.15, 0.2) is 0 Å². The lowest BCUT2D eigenvalue weighted by Gasteiger charge is -2.17. The van der Waals surface area contributed by atoms with Crippen molar-refractivity contribution in [1.82, 2.24) is 5.32 Å². The molecule has 0 saturated heterocycles. The first-order valence-electron chi connectivity index (χ1n) is 6.24. The van der Waals surface area contributed by atoms with Crippen LogP contribution >= 0.6 is 34.8 Å². The van der Waals surface area contributed by atoms with E-state index in [2.05, 4.69) is 5.32 Å². The highest BCUT2D eigenvalue weighted by Gasteiger charge is 2.32. The predicted octanol–water partition coefficient (Wildman–Crippen LogP) is 3.62. The number of hydrogen-bond donors (Lipinski definition) is 2. The number of carbonyl (C=O) groups excluding carboxylic acids is 1. The summed E-state index contributed by atoms with van der Waals surface area (Å²) in [7, 11) is 0. The molecule has 0 aromatic heterocycles. The molecule has 1 aromatic rings. The Kier molecular flexibility index (Phi) is 7.46. The van der Waals surface area contributed by atoms with Crippen molar-refractivity contribution in [3.63, 3.8) is 0 Å². The lowest BCUT2D eigenvalue weighted by Crippen LogP contribution is -2.36.